The lowest BCUT2D eigenvalue weighted by Gasteiger charge is -2.20. The predicted octanol–water partition coefficient (Wildman–Crippen LogP) is 1.84. The highest BCUT2D eigenvalue weighted by atomic mass is 16.6. The Kier molecular flexibility index (Phi) is 3.87. The molecule has 1 aliphatic rings. The lowest BCUT2D eigenvalue weighted by Crippen LogP contribution is -2.26. The molecule has 0 saturated heterocycles. The van der Waals surface area contributed by atoms with Crippen molar-refractivity contribution in [3.63, 3.8) is 0 Å². The van der Waals surface area contributed by atoms with Crippen LogP contribution >= 0.6 is 0 Å². The van der Waals surface area contributed by atoms with E-state index in [4.69, 9.17) is 9.47 Å². The maximum Gasteiger partial charge on any atom is 0.167 e. The van der Waals surface area contributed by atoms with Gasteiger partial charge < -0.3 is 14.4 Å². The fraction of sp³-hybridized carbons (Fsp3) is 0.500. The van der Waals surface area contributed by atoms with Gasteiger partial charge in [-0.15, -0.1) is 0 Å². The number of rotatable bonds is 4. The van der Waals surface area contributed by atoms with Crippen molar-refractivity contribution in [2.45, 2.75) is 6.92 Å². The molecule has 0 saturated carbocycles. The number of ether oxygens (including phenoxy) is 2. The van der Waals surface area contributed by atoms with E-state index in [0.29, 0.717) is 24.5 Å². The smallest absolute Gasteiger partial charge is 0.167 e. The van der Waals surface area contributed by atoms with Gasteiger partial charge in [0.1, 0.15) is 13.2 Å². The Morgan fingerprint density at radius 3 is 2.61 bits per heavy atom. The van der Waals surface area contributed by atoms with Gasteiger partial charge >= 0.3 is 0 Å². The molecular formula is C14H19NO3. The van der Waals surface area contributed by atoms with Crippen LogP contribution in [0.25, 0.3) is 0 Å². The molecule has 4 heteroatoms. The maximum atomic E-state index is 12.2. The summed E-state index contributed by atoms with van der Waals surface area (Å²) in [6, 6.07) is 5.40. The number of carbonyl (C=O) groups is 1. The molecule has 1 aromatic carbocycles. The standard InChI is InChI=1S/C14H19NO3/c1-10(9-15(2)3)14(16)11-4-5-12-13(8-11)18-7-6-17-12/h4-5,8,10H,6-7,9H2,1-3H3. The summed E-state index contributed by atoms with van der Waals surface area (Å²) in [5, 5.41) is 0. The van der Waals surface area contributed by atoms with E-state index in [1.807, 2.05) is 38.1 Å². The second kappa shape index (κ2) is 5.40. The fourth-order valence-electron chi connectivity index (χ4n) is 2.11. The number of nitrogens with zero attached hydrogens (tertiary/aromatic N) is 1. The molecular weight excluding hydrogens is 230 g/mol. The van der Waals surface area contributed by atoms with Gasteiger partial charge in [-0.1, -0.05) is 6.92 Å². The second-order valence-corrected chi connectivity index (χ2v) is 4.89. The van der Waals surface area contributed by atoms with E-state index >= 15 is 0 Å². The van der Waals surface area contributed by atoms with Crippen LogP contribution in [0.5, 0.6) is 11.5 Å². The molecule has 0 N–H and O–H groups in total. The summed E-state index contributed by atoms with van der Waals surface area (Å²) in [6.45, 7) is 3.79. The van der Waals surface area contributed by atoms with Gasteiger partial charge in [0.15, 0.2) is 17.3 Å². The number of carbonyl (C=O) groups excluding carboxylic acids is 1. The normalized spacial score (nSPS) is 15.6. The highest BCUT2D eigenvalue weighted by Crippen LogP contribution is 2.31. The van der Waals surface area contributed by atoms with Gasteiger partial charge in [0.2, 0.25) is 0 Å². The number of benzene rings is 1. The average molecular weight is 249 g/mol. The van der Waals surface area contributed by atoms with E-state index in [9.17, 15) is 4.79 Å². The van der Waals surface area contributed by atoms with Crippen molar-refractivity contribution >= 4 is 5.78 Å². The summed E-state index contributed by atoms with van der Waals surface area (Å²) >= 11 is 0. The largest absolute Gasteiger partial charge is 0.486 e. The Hall–Kier alpha value is -1.55. The number of hydrogen-bond acceptors (Lipinski definition) is 4. The van der Waals surface area contributed by atoms with Crippen LogP contribution in [0.2, 0.25) is 0 Å². The molecule has 2 rings (SSSR count). The van der Waals surface area contributed by atoms with Gasteiger partial charge in [0.25, 0.3) is 0 Å². The monoisotopic (exact) mass is 249 g/mol. The number of fused-ring (bicyclic) bond motifs is 1. The molecule has 1 heterocycles. The van der Waals surface area contributed by atoms with E-state index in [2.05, 4.69) is 0 Å². The zero-order valence-electron chi connectivity index (χ0n) is 11.1. The number of hydrogen-bond donors (Lipinski definition) is 0. The SMILES string of the molecule is CC(CN(C)C)C(=O)c1ccc2c(c1)OCCO2. The molecule has 0 radical (unpaired) electrons. The molecule has 18 heavy (non-hydrogen) atoms. The minimum Gasteiger partial charge on any atom is -0.486 e. The molecule has 4 nitrogen and oxygen atoms in total. The van der Waals surface area contributed by atoms with Crippen molar-refractivity contribution in [3.8, 4) is 11.5 Å². The Labute approximate surface area is 107 Å². The first-order chi connectivity index (χ1) is 8.58. The second-order valence-electron chi connectivity index (χ2n) is 4.89. The minimum absolute atomic E-state index is 0.0254. The molecule has 1 aromatic rings. The van der Waals surface area contributed by atoms with Crippen molar-refractivity contribution in [1.29, 1.82) is 0 Å². The Morgan fingerprint density at radius 2 is 1.94 bits per heavy atom. The highest BCUT2D eigenvalue weighted by molar-refractivity contribution is 5.98. The lowest BCUT2D eigenvalue weighted by atomic mass is 9.98. The third kappa shape index (κ3) is 2.82. The van der Waals surface area contributed by atoms with E-state index in [-0.39, 0.29) is 11.7 Å². The molecule has 0 bridgehead atoms. The quantitative estimate of drug-likeness (QED) is 0.763. The van der Waals surface area contributed by atoms with E-state index < -0.39 is 0 Å². The first-order valence-corrected chi connectivity index (χ1v) is 6.16. The van der Waals surface area contributed by atoms with Crippen LogP contribution in [0, 0.1) is 5.92 Å². The summed E-state index contributed by atoms with van der Waals surface area (Å²) in [5.74, 6) is 1.51. The van der Waals surface area contributed by atoms with Gasteiger partial charge in [-0.2, -0.15) is 0 Å². The number of ketones is 1. The van der Waals surface area contributed by atoms with E-state index in [1.165, 1.54) is 0 Å². The molecule has 0 aliphatic carbocycles. The van der Waals surface area contributed by atoms with Crippen LogP contribution in [-0.4, -0.2) is 44.5 Å². The highest BCUT2D eigenvalue weighted by Gasteiger charge is 2.19. The third-order valence-electron chi connectivity index (χ3n) is 2.91. The van der Waals surface area contributed by atoms with Gasteiger partial charge in [0, 0.05) is 18.0 Å². The minimum atomic E-state index is -0.0254. The van der Waals surface area contributed by atoms with Crippen molar-refractivity contribution in [2.75, 3.05) is 33.9 Å². The summed E-state index contributed by atoms with van der Waals surface area (Å²) in [5.41, 5.74) is 0.689. The molecule has 0 aromatic heterocycles. The molecule has 1 aliphatic heterocycles. The number of Topliss-reactive ketones (excluding diaryl/α,β-unsaturated/α-hetero) is 1. The third-order valence-corrected chi connectivity index (χ3v) is 2.91. The first-order valence-electron chi connectivity index (χ1n) is 6.16. The van der Waals surface area contributed by atoms with Crippen LogP contribution in [-0.2, 0) is 0 Å². The zero-order chi connectivity index (χ0) is 13.1. The lowest BCUT2D eigenvalue weighted by molar-refractivity contribution is 0.0909. The molecule has 1 atom stereocenters. The topological polar surface area (TPSA) is 38.8 Å². The van der Waals surface area contributed by atoms with Crippen molar-refractivity contribution in [1.82, 2.24) is 4.90 Å². The molecule has 0 spiro atoms. The average Bonchev–Trinajstić information content (AvgIpc) is 2.36. The van der Waals surface area contributed by atoms with Gasteiger partial charge in [-0.3, -0.25) is 4.79 Å². The first kappa shape index (κ1) is 12.9. The van der Waals surface area contributed by atoms with Crippen molar-refractivity contribution in [2.24, 2.45) is 5.92 Å². The predicted molar refractivity (Wildman–Crippen MR) is 69.5 cm³/mol. The van der Waals surface area contributed by atoms with Gasteiger partial charge in [-0.25, -0.2) is 0 Å². The summed E-state index contributed by atoms with van der Waals surface area (Å²) in [7, 11) is 3.93. The van der Waals surface area contributed by atoms with Crippen LogP contribution in [0.3, 0.4) is 0 Å². The molecule has 0 amide bonds. The van der Waals surface area contributed by atoms with Crippen molar-refractivity contribution < 1.29 is 14.3 Å². The molecule has 0 fully saturated rings. The summed E-state index contributed by atoms with van der Waals surface area (Å²) < 4.78 is 10.9. The van der Waals surface area contributed by atoms with E-state index in [0.717, 1.165) is 12.3 Å². The summed E-state index contributed by atoms with van der Waals surface area (Å²) in [4.78, 5) is 14.3. The van der Waals surface area contributed by atoms with Gasteiger partial charge in [-0.05, 0) is 32.3 Å². The van der Waals surface area contributed by atoms with Crippen LogP contribution in [0.15, 0.2) is 18.2 Å². The Morgan fingerprint density at radius 1 is 1.28 bits per heavy atom. The van der Waals surface area contributed by atoms with Crippen LogP contribution in [0.1, 0.15) is 17.3 Å². The Bertz CT molecular complexity index is 443. The Balaban J connectivity index is 2.15. The van der Waals surface area contributed by atoms with Gasteiger partial charge in [0.05, 0.1) is 0 Å². The zero-order valence-corrected chi connectivity index (χ0v) is 11.1. The fourth-order valence-corrected chi connectivity index (χ4v) is 2.11. The molecule has 1 unspecified atom stereocenters. The molecule has 98 valence electrons. The summed E-state index contributed by atoms with van der Waals surface area (Å²) in [6.07, 6.45) is 0. The van der Waals surface area contributed by atoms with Crippen LogP contribution in [0.4, 0.5) is 0 Å². The van der Waals surface area contributed by atoms with Crippen molar-refractivity contribution in [3.05, 3.63) is 23.8 Å². The van der Waals surface area contributed by atoms with E-state index in [1.54, 1.807) is 6.07 Å². The van der Waals surface area contributed by atoms with Crippen LogP contribution < -0.4 is 9.47 Å². The maximum absolute atomic E-state index is 12.2.